The Kier molecular flexibility index (Phi) is 12.0. The molecule has 0 saturated heterocycles. The summed E-state index contributed by atoms with van der Waals surface area (Å²) in [6.45, 7) is 16.0. The van der Waals surface area contributed by atoms with Gasteiger partial charge in [-0.1, -0.05) is 113 Å². The predicted molar refractivity (Wildman–Crippen MR) is 184 cm³/mol. The van der Waals surface area contributed by atoms with Crippen molar-refractivity contribution in [2.45, 2.75) is 72.6 Å². The number of fused-ring (bicyclic) bond motifs is 4. The van der Waals surface area contributed by atoms with Gasteiger partial charge in [0.25, 0.3) is 0 Å². The standard InChI is InChI=1S/C26H33.C12H7Si.2ClH.Zr/c1-8-19-11-20-9-10-24(18(6)7)26(25(20)12-19)23-14-21(16(2)3)13-22(15-23)17(4)5;1-3-7-11-9(5-1)10-6-2-4-8-12(10)13-11;;;/h9-18H,8H2,1-7H3;1-7H;2*1H;/q2*-1;;;+4/p-2. The minimum absolute atomic E-state index is 0.514. The Morgan fingerprint density at radius 1 is 0.786 bits per heavy atom. The SMILES string of the molecule is CCc1cc2c(-c3cc(C(C)C)cc(C(C)C)c3)c(C(C)C)ccc2[cH-]1.[Cl][Zr+2][Cl].[c-]1cccc2c1[Si]c1ccccc1-2. The number of rotatable bonds is 5. The molecular formula is C38H40Cl2SiZr. The Bertz CT molecular complexity index is 1560. The summed E-state index contributed by atoms with van der Waals surface area (Å²) in [5, 5.41) is 5.62. The van der Waals surface area contributed by atoms with Gasteiger partial charge >= 0.3 is 37.9 Å². The summed E-state index contributed by atoms with van der Waals surface area (Å²) >= 11 is -0.826. The minimum atomic E-state index is -0.826. The van der Waals surface area contributed by atoms with Crippen molar-refractivity contribution in [1.29, 1.82) is 0 Å². The number of halogens is 2. The van der Waals surface area contributed by atoms with Gasteiger partial charge in [0.1, 0.15) is 0 Å². The average molecular weight is 687 g/mol. The van der Waals surface area contributed by atoms with Crippen molar-refractivity contribution in [3.05, 3.63) is 113 Å². The minimum Gasteiger partial charge on any atom is -0.184 e. The van der Waals surface area contributed by atoms with Gasteiger partial charge in [-0.2, -0.15) is 35.5 Å². The van der Waals surface area contributed by atoms with Crippen LogP contribution in [-0.2, 0) is 27.3 Å². The topological polar surface area (TPSA) is 0 Å². The molecule has 5 aromatic carbocycles. The zero-order valence-electron chi connectivity index (χ0n) is 25.8. The molecule has 0 saturated carbocycles. The second kappa shape index (κ2) is 15.3. The molecule has 0 atom stereocenters. The molecule has 4 heteroatoms. The molecule has 1 aliphatic heterocycles. The van der Waals surface area contributed by atoms with E-state index in [0.29, 0.717) is 17.8 Å². The summed E-state index contributed by atoms with van der Waals surface area (Å²) in [5.41, 5.74) is 11.4. The van der Waals surface area contributed by atoms with Gasteiger partial charge in [-0.25, -0.2) is 0 Å². The molecule has 0 aromatic heterocycles. The van der Waals surface area contributed by atoms with Crippen LogP contribution in [0.15, 0.2) is 84.9 Å². The van der Waals surface area contributed by atoms with Crippen LogP contribution in [0.1, 0.15) is 88.5 Å². The molecular weight excluding hydrogens is 647 g/mol. The van der Waals surface area contributed by atoms with E-state index in [1.165, 1.54) is 65.7 Å². The first-order chi connectivity index (χ1) is 20.2. The van der Waals surface area contributed by atoms with Gasteiger partial charge in [0.2, 0.25) is 0 Å². The van der Waals surface area contributed by atoms with Crippen molar-refractivity contribution in [2.75, 3.05) is 0 Å². The van der Waals surface area contributed by atoms with Gasteiger partial charge in [-0.3, -0.25) is 0 Å². The van der Waals surface area contributed by atoms with Crippen molar-refractivity contribution in [3.63, 3.8) is 0 Å². The quantitative estimate of drug-likeness (QED) is 0.125. The molecule has 42 heavy (non-hydrogen) atoms. The Labute approximate surface area is 274 Å². The number of hydrogen-bond acceptors (Lipinski definition) is 0. The Hall–Kier alpha value is -1.83. The van der Waals surface area contributed by atoms with E-state index in [2.05, 4.69) is 133 Å². The molecule has 0 amide bonds. The number of aryl methyl sites for hydroxylation is 1. The van der Waals surface area contributed by atoms with Crippen molar-refractivity contribution >= 4 is 47.7 Å². The molecule has 5 aromatic rings. The van der Waals surface area contributed by atoms with Crippen LogP contribution in [-0.4, -0.2) is 9.52 Å². The summed E-state index contributed by atoms with van der Waals surface area (Å²) in [7, 11) is 10.7. The molecule has 0 bridgehead atoms. The molecule has 0 fully saturated rings. The summed E-state index contributed by atoms with van der Waals surface area (Å²) < 4.78 is 0. The number of benzene rings is 4. The van der Waals surface area contributed by atoms with E-state index >= 15 is 0 Å². The van der Waals surface area contributed by atoms with E-state index in [0.717, 1.165) is 15.9 Å². The zero-order valence-corrected chi connectivity index (χ0v) is 30.7. The maximum atomic E-state index is 4.93. The second-order valence-corrected chi connectivity index (χ2v) is 16.8. The largest absolute Gasteiger partial charge is 0.184 e. The molecule has 0 N–H and O–H groups in total. The third-order valence-corrected chi connectivity index (χ3v) is 9.31. The van der Waals surface area contributed by atoms with Gasteiger partial charge in [-0.15, -0.1) is 40.1 Å². The van der Waals surface area contributed by atoms with Crippen molar-refractivity contribution < 1.29 is 20.8 Å². The molecule has 1 aliphatic rings. The monoisotopic (exact) mass is 684 g/mol. The van der Waals surface area contributed by atoms with Crippen LogP contribution in [0.3, 0.4) is 0 Å². The third-order valence-electron chi connectivity index (χ3n) is 7.95. The fraction of sp³-hybridized carbons (Fsp3) is 0.289. The van der Waals surface area contributed by atoms with Gasteiger partial charge < -0.3 is 0 Å². The van der Waals surface area contributed by atoms with Crippen LogP contribution < -0.4 is 10.4 Å². The number of hydrogen-bond donors (Lipinski definition) is 0. The van der Waals surface area contributed by atoms with E-state index < -0.39 is 20.8 Å². The first-order valence-corrected chi connectivity index (χ1v) is 22.2. The van der Waals surface area contributed by atoms with Gasteiger partial charge in [0.15, 0.2) is 0 Å². The van der Waals surface area contributed by atoms with E-state index in [9.17, 15) is 0 Å². The van der Waals surface area contributed by atoms with Crippen molar-refractivity contribution in [1.82, 2.24) is 0 Å². The van der Waals surface area contributed by atoms with Crippen LogP contribution >= 0.6 is 17.0 Å². The van der Waals surface area contributed by atoms with Crippen LogP contribution in [0.2, 0.25) is 0 Å². The Balaban J connectivity index is 0.000000209. The molecule has 0 nitrogen and oxygen atoms in total. The van der Waals surface area contributed by atoms with E-state index in [4.69, 9.17) is 17.0 Å². The average Bonchev–Trinajstić information content (AvgIpc) is 3.58. The van der Waals surface area contributed by atoms with Gasteiger partial charge in [0.05, 0.1) is 9.52 Å². The normalized spacial score (nSPS) is 11.5. The van der Waals surface area contributed by atoms with Crippen LogP contribution in [0.4, 0.5) is 0 Å². The fourth-order valence-corrected chi connectivity index (χ4v) is 6.89. The summed E-state index contributed by atoms with van der Waals surface area (Å²) in [4.78, 5) is 0. The summed E-state index contributed by atoms with van der Waals surface area (Å²) in [6.07, 6.45) is 1.09. The Morgan fingerprint density at radius 2 is 1.43 bits per heavy atom. The van der Waals surface area contributed by atoms with E-state index in [-0.39, 0.29) is 0 Å². The molecule has 0 spiro atoms. The smallest absolute Gasteiger partial charge is 0.0920 e. The molecule has 6 rings (SSSR count). The van der Waals surface area contributed by atoms with Gasteiger partial charge in [-0.05, 0) is 40.9 Å². The van der Waals surface area contributed by atoms with Crippen molar-refractivity contribution in [2.24, 2.45) is 0 Å². The summed E-state index contributed by atoms with van der Waals surface area (Å²) in [5.74, 6) is 1.60. The van der Waals surface area contributed by atoms with E-state index in [1.807, 2.05) is 6.07 Å². The molecule has 2 radical (unpaired) electrons. The predicted octanol–water partition coefficient (Wildman–Crippen LogP) is 10.7. The first-order valence-electron chi connectivity index (χ1n) is 14.9. The molecule has 214 valence electrons. The maximum absolute atomic E-state index is 4.93. The van der Waals surface area contributed by atoms with Crippen molar-refractivity contribution in [3.8, 4) is 22.3 Å². The maximum Gasteiger partial charge on any atom is 0.0920 e. The third kappa shape index (κ3) is 7.62. The zero-order chi connectivity index (χ0) is 30.4. The van der Waals surface area contributed by atoms with Crippen LogP contribution in [0.5, 0.6) is 0 Å². The van der Waals surface area contributed by atoms with Gasteiger partial charge in [0, 0.05) is 0 Å². The fourth-order valence-electron chi connectivity index (χ4n) is 5.58. The van der Waals surface area contributed by atoms with E-state index in [1.54, 1.807) is 0 Å². The first kappa shape index (κ1) is 33.1. The van der Waals surface area contributed by atoms with Crippen LogP contribution in [0.25, 0.3) is 33.0 Å². The Morgan fingerprint density at radius 3 is 2.05 bits per heavy atom. The van der Waals surface area contributed by atoms with Crippen LogP contribution in [0, 0.1) is 6.07 Å². The molecule has 1 heterocycles. The molecule has 0 aliphatic carbocycles. The molecule has 0 unspecified atom stereocenters. The second-order valence-electron chi connectivity index (χ2n) is 11.8. The summed E-state index contributed by atoms with van der Waals surface area (Å²) in [6, 6.07) is 34.8.